The molecule has 0 fully saturated rings. The molecule has 1 atom stereocenters. The van der Waals surface area contributed by atoms with Gasteiger partial charge in [-0.3, -0.25) is 4.79 Å². The van der Waals surface area contributed by atoms with Gasteiger partial charge in [-0.25, -0.2) is 0 Å². The second-order valence-corrected chi connectivity index (χ2v) is 5.00. The Bertz CT molecular complexity index is 386. The fourth-order valence-electron chi connectivity index (χ4n) is 1.93. The van der Waals surface area contributed by atoms with Crippen molar-refractivity contribution in [3.8, 4) is 0 Å². The third kappa shape index (κ3) is 5.03. The van der Waals surface area contributed by atoms with E-state index in [2.05, 4.69) is 43.4 Å². The van der Waals surface area contributed by atoms with Crippen molar-refractivity contribution in [2.75, 3.05) is 20.1 Å². The molecule has 1 aromatic carbocycles. The minimum absolute atomic E-state index is 0.136. The van der Waals surface area contributed by atoms with E-state index in [-0.39, 0.29) is 11.9 Å². The summed E-state index contributed by atoms with van der Waals surface area (Å²) in [5.41, 5.74) is 2.60. The third-order valence-corrected chi connectivity index (χ3v) is 3.48. The molecule has 19 heavy (non-hydrogen) atoms. The molecule has 0 aromatic heterocycles. The van der Waals surface area contributed by atoms with Crippen molar-refractivity contribution in [3.05, 3.63) is 35.4 Å². The highest BCUT2D eigenvalue weighted by Crippen LogP contribution is 2.14. The number of nitrogens with one attached hydrogen (secondary N) is 1. The van der Waals surface area contributed by atoms with E-state index in [1.54, 1.807) is 4.90 Å². The van der Waals surface area contributed by atoms with Gasteiger partial charge < -0.3 is 10.2 Å². The molecule has 1 amide bonds. The molecule has 1 aromatic rings. The van der Waals surface area contributed by atoms with Gasteiger partial charge in [-0.2, -0.15) is 0 Å². The Morgan fingerprint density at radius 1 is 1.26 bits per heavy atom. The van der Waals surface area contributed by atoms with Crippen LogP contribution in [0.4, 0.5) is 0 Å². The van der Waals surface area contributed by atoms with E-state index in [1.807, 2.05) is 14.0 Å². The molecule has 3 heteroatoms. The Hall–Kier alpha value is -1.35. The SMILES string of the molecule is CCCc1ccc(C(C)NCC(=O)N(C)CC)cc1. The summed E-state index contributed by atoms with van der Waals surface area (Å²) in [6.45, 7) is 7.40. The highest BCUT2D eigenvalue weighted by Gasteiger charge is 2.10. The van der Waals surface area contributed by atoms with E-state index < -0.39 is 0 Å². The summed E-state index contributed by atoms with van der Waals surface area (Å²) < 4.78 is 0. The van der Waals surface area contributed by atoms with Crippen molar-refractivity contribution in [2.45, 2.75) is 39.7 Å². The molecule has 1 rings (SSSR count). The molecule has 3 nitrogen and oxygen atoms in total. The van der Waals surface area contributed by atoms with Crippen LogP contribution in [0.3, 0.4) is 0 Å². The van der Waals surface area contributed by atoms with Gasteiger partial charge in [-0.05, 0) is 31.4 Å². The van der Waals surface area contributed by atoms with Crippen LogP contribution in [0.15, 0.2) is 24.3 Å². The lowest BCUT2D eigenvalue weighted by atomic mass is 10.0. The topological polar surface area (TPSA) is 32.3 Å². The summed E-state index contributed by atoms with van der Waals surface area (Å²) in [6.07, 6.45) is 2.30. The lowest BCUT2D eigenvalue weighted by Gasteiger charge is -2.18. The van der Waals surface area contributed by atoms with Crippen LogP contribution in [0.25, 0.3) is 0 Å². The molecule has 0 heterocycles. The third-order valence-electron chi connectivity index (χ3n) is 3.48. The first-order valence-electron chi connectivity index (χ1n) is 7.14. The van der Waals surface area contributed by atoms with Gasteiger partial charge >= 0.3 is 0 Å². The first-order valence-corrected chi connectivity index (χ1v) is 7.14. The van der Waals surface area contributed by atoms with Gasteiger partial charge in [0.25, 0.3) is 0 Å². The summed E-state index contributed by atoms with van der Waals surface area (Å²) in [5.74, 6) is 0.136. The van der Waals surface area contributed by atoms with E-state index in [0.717, 1.165) is 13.0 Å². The van der Waals surface area contributed by atoms with Crippen molar-refractivity contribution in [1.29, 1.82) is 0 Å². The number of carbonyl (C=O) groups is 1. The number of likely N-dealkylation sites (N-methyl/N-ethyl adjacent to an activating group) is 1. The molecule has 0 aliphatic heterocycles. The van der Waals surface area contributed by atoms with Crippen molar-refractivity contribution < 1.29 is 4.79 Å². The molecule has 0 bridgehead atoms. The van der Waals surface area contributed by atoms with Gasteiger partial charge in [-0.1, -0.05) is 37.6 Å². The molecule has 0 saturated carbocycles. The average Bonchev–Trinajstić information content (AvgIpc) is 2.44. The van der Waals surface area contributed by atoms with E-state index in [4.69, 9.17) is 0 Å². The van der Waals surface area contributed by atoms with Gasteiger partial charge in [0, 0.05) is 19.6 Å². The van der Waals surface area contributed by atoms with Gasteiger partial charge in [0.05, 0.1) is 6.54 Å². The maximum absolute atomic E-state index is 11.7. The number of hydrogen-bond donors (Lipinski definition) is 1. The number of benzene rings is 1. The maximum atomic E-state index is 11.7. The molecule has 106 valence electrons. The zero-order chi connectivity index (χ0) is 14.3. The first-order chi connectivity index (χ1) is 9.08. The fourth-order valence-corrected chi connectivity index (χ4v) is 1.93. The summed E-state index contributed by atoms with van der Waals surface area (Å²) in [4.78, 5) is 13.4. The van der Waals surface area contributed by atoms with Crippen molar-refractivity contribution in [3.63, 3.8) is 0 Å². The Morgan fingerprint density at radius 3 is 2.42 bits per heavy atom. The second kappa shape index (κ2) is 7.95. The van der Waals surface area contributed by atoms with Crippen LogP contribution < -0.4 is 5.32 Å². The second-order valence-electron chi connectivity index (χ2n) is 5.00. The van der Waals surface area contributed by atoms with Crippen LogP contribution in [-0.4, -0.2) is 30.9 Å². The molecular weight excluding hydrogens is 236 g/mol. The van der Waals surface area contributed by atoms with Gasteiger partial charge in [0.1, 0.15) is 0 Å². The van der Waals surface area contributed by atoms with Crippen LogP contribution >= 0.6 is 0 Å². The maximum Gasteiger partial charge on any atom is 0.236 e. The first kappa shape index (κ1) is 15.7. The monoisotopic (exact) mass is 262 g/mol. The van der Waals surface area contributed by atoms with E-state index in [0.29, 0.717) is 6.54 Å². The quantitative estimate of drug-likeness (QED) is 0.819. The van der Waals surface area contributed by atoms with E-state index in [1.165, 1.54) is 17.5 Å². The number of hydrogen-bond acceptors (Lipinski definition) is 2. The molecule has 1 unspecified atom stereocenters. The fraction of sp³-hybridized carbons (Fsp3) is 0.562. The highest BCUT2D eigenvalue weighted by molar-refractivity contribution is 5.77. The van der Waals surface area contributed by atoms with Crippen molar-refractivity contribution in [1.82, 2.24) is 10.2 Å². The summed E-state index contributed by atoms with van der Waals surface area (Å²) >= 11 is 0. The normalized spacial score (nSPS) is 12.2. The van der Waals surface area contributed by atoms with Gasteiger partial charge in [0.2, 0.25) is 5.91 Å². The lowest BCUT2D eigenvalue weighted by molar-refractivity contribution is -0.128. The number of rotatable bonds is 7. The smallest absolute Gasteiger partial charge is 0.236 e. The predicted octanol–water partition coefficient (Wildman–Crippen LogP) is 2.77. The number of carbonyl (C=O) groups excluding carboxylic acids is 1. The molecular formula is C16H26N2O. The highest BCUT2D eigenvalue weighted by atomic mass is 16.2. The van der Waals surface area contributed by atoms with Gasteiger partial charge in [-0.15, -0.1) is 0 Å². The van der Waals surface area contributed by atoms with Gasteiger partial charge in [0.15, 0.2) is 0 Å². The molecule has 0 aliphatic carbocycles. The van der Waals surface area contributed by atoms with Crippen LogP contribution in [0.1, 0.15) is 44.4 Å². The Morgan fingerprint density at radius 2 is 1.89 bits per heavy atom. The van der Waals surface area contributed by atoms with Crippen LogP contribution in [0, 0.1) is 0 Å². The van der Waals surface area contributed by atoms with Crippen LogP contribution in [0.2, 0.25) is 0 Å². The predicted molar refractivity (Wildman–Crippen MR) is 80.2 cm³/mol. The minimum atomic E-state index is 0.136. The summed E-state index contributed by atoms with van der Waals surface area (Å²) in [6, 6.07) is 8.85. The Balaban J connectivity index is 2.49. The zero-order valence-electron chi connectivity index (χ0n) is 12.6. The average molecular weight is 262 g/mol. The Labute approximate surface area is 117 Å². The minimum Gasteiger partial charge on any atom is -0.345 e. The number of nitrogens with zero attached hydrogens (tertiary/aromatic N) is 1. The van der Waals surface area contributed by atoms with Crippen LogP contribution in [-0.2, 0) is 11.2 Å². The standard InChI is InChI=1S/C16H26N2O/c1-5-7-14-8-10-15(11-9-14)13(3)17-12-16(19)18(4)6-2/h8-11,13,17H,5-7,12H2,1-4H3. The zero-order valence-corrected chi connectivity index (χ0v) is 12.6. The molecule has 0 radical (unpaired) electrons. The summed E-state index contributed by atoms with van der Waals surface area (Å²) in [7, 11) is 1.83. The van der Waals surface area contributed by atoms with Crippen molar-refractivity contribution in [2.24, 2.45) is 0 Å². The number of aryl methyl sites for hydroxylation is 1. The Kier molecular flexibility index (Phi) is 6.57. The number of amides is 1. The molecule has 1 N–H and O–H groups in total. The summed E-state index contributed by atoms with van der Waals surface area (Å²) in [5, 5.41) is 3.27. The molecule has 0 saturated heterocycles. The van der Waals surface area contributed by atoms with E-state index in [9.17, 15) is 4.79 Å². The van der Waals surface area contributed by atoms with E-state index >= 15 is 0 Å². The van der Waals surface area contributed by atoms with Crippen molar-refractivity contribution >= 4 is 5.91 Å². The lowest BCUT2D eigenvalue weighted by Crippen LogP contribution is -2.36. The largest absolute Gasteiger partial charge is 0.345 e. The molecule has 0 spiro atoms. The van der Waals surface area contributed by atoms with Crippen LogP contribution in [0.5, 0.6) is 0 Å². The molecule has 0 aliphatic rings.